The lowest BCUT2D eigenvalue weighted by Gasteiger charge is -2.35. The summed E-state index contributed by atoms with van der Waals surface area (Å²) in [6, 6.07) is 11.1. The number of hydrogen-bond donors (Lipinski definition) is 0. The maximum absolute atomic E-state index is 12.6. The zero-order valence-corrected chi connectivity index (χ0v) is 13.6. The van der Waals surface area contributed by atoms with Crippen LogP contribution in [0, 0.1) is 0 Å². The fourth-order valence-corrected chi connectivity index (χ4v) is 2.81. The molecule has 0 radical (unpaired) electrons. The molecular weight excluding hydrogens is 318 g/mol. The van der Waals surface area contributed by atoms with E-state index in [1.54, 1.807) is 40.3 Å². The molecule has 0 saturated carbocycles. The van der Waals surface area contributed by atoms with Gasteiger partial charge in [-0.3, -0.25) is 4.79 Å². The first-order valence-electron chi connectivity index (χ1n) is 8.10. The van der Waals surface area contributed by atoms with Crippen molar-refractivity contribution in [1.82, 2.24) is 29.9 Å². The average Bonchev–Trinajstić information content (AvgIpc) is 3.23. The number of rotatable bonds is 3. The standard InChI is InChI=1S/C17H17N7O/c25-17(14-5-6-16(21-20-14)24-9-3-8-19-24)23-12-10-22(11-13-23)15-4-1-2-7-18-15/h1-9H,10-13H2. The highest BCUT2D eigenvalue weighted by Crippen LogP contribution is 2.14. The van der Waals surface area contributed by atoms with E-state index in [4.69, 9.17) is 0 Å². The van der Waals surface area contributed by atoms with Crippen LogP contribution in [-0.2, 0) is 0 Å². The molecule has 8 heteroatoms. The predicted octanol–water partition coefficient (Wildman–Crippen LogP) is 1.02. The molecule has 0 aliphatic carbocycles. The lowest BCUT2D eigenvalue weighted by atomic mass is 10.2. The van der Waals surface area contributed by atoms with Crippen LogP contribution in [0.25, 0.3) is 5.82 Å². The van der Waals surface area contributed by atoms with Gasteiger partial charge in [-0.1, -0.05) is 6.07 Å². The van der Waals surface area contributed by atoms with E-state index in [2.05, 4.69) is 25.2 Å². The lowest BCUT2D eigenvalue weighted by molar-refractivity contribution is 0.0739. The van der Waals surface area contributed by atoms with E-state index in [-0.39, 0.29) is 5.91 Å². The zero-order chi connectivity index (χ0) is 17.1. The maximum Gasteiger partial charge on any atom is 0.274 e. The summed E-state index contributed by atoms with van der Waals surface area (Å²) < 4.78 is 1.60. The van der Waals surface area contributed by atoms with Crippen LogP contribution in [0.2, 0.25) is 0 Å². The van der Waals surface area contributed by atoms with Crippen LogP contribution in [0.15, 0.2) is 55.0 Å². The molecule has 0 unspecified atom stereocenters. The average molecular weight is 335 g/mol. The van der Waals surface area contributed by atoms with Crippen molar-refractivity contribution < 1.29 is 4.79 Å². The first-order valence-corrected chi connectivity index (χ1v) is 8.10. The number of piperazine rings is 1. The van der Waals surface area contributed by atoms with Crippen LogP contribution in [-0.4, -0.2) is 61.9 Å². The molecule has 0 bridgehead atoms. The molecule has 8 nitrogen and oxygen atoms in total. The van der Waals surface area contributed by atoms with Gasteiger partial charge in [0.05, 0.1) is 0 Å². The van der Waals surface area contributed by atoms with Crippen LogP contribution in [0.5, 0.6) is 0 Å². The summed E-state index contributed by atoms with van der Waals surface area (Å²) in [6.45, 7) is 2.78. The van der Waals surface area contributed by atoms with Crippen LogP contribution in [0.1, 0.15) is 10.5 Å². The van der Waals surface area contributed by atoms with Gasteiger partial charge in [0.15, 0.2) is 11.5 Å². The number of anilines is 1. The Kier molecular flexibility index (Phi) is 4.07. The number of pyridine rings is 1. The normalized spacial score (nSPS) is 14.6. The molecule has 1 amide bonds. The van der Waals surface area contributed by atoms with Crippen molar-refractivity contribution in [3.8, 4) is 5.82 Å². The van der Waals surface area contributed by atoms with Crippen molar-refractivity contribution >= 4 is 11.7 Å². The molecular formula is C17H17N7O. The second-order valence-corrected chi connectivity index (χ2v) is 5.69. The van der Waals surface area contributed by atoms with E-state index in [1.807, 2.05) is 24.3 Å². The van der Waals surface area contributed by atoms with Crippen molar-refractivity contribution in [1.29, 1.82) is 0 Å². The number of amides is 1. The predicted molar refractivity (Wildman–Crippen MR) is 91.5 cm³/mol. The maximum atomic E-state index is 12.6. The highest BCUT2D eigenvalue weighted by molar-refractivity contribution is 5.92. The van der Waals surface area contributed by atoms with Gasteiger partial charge >= 0.3 is 0 Å². The lowest BCUT2D eigenvalue weighted by Crippen LogP contribution is -2.49. The van der Waals surface area contributed by atoms with Crippen molar-refractivity contribution in [2.75, 3.05) is 31.1 Å². The minimum Gasteiger partial charge on any atom is -0.353 e. The second-order valence-electron chi connectivity index (χ2n) is 5.69. The highest BCUT2D eigenvalue weighted by atomic mass is 16.2. The molecule has 4 heterocycles. The molecule has 1 fully saturated rings. The summed E-state index contributed by atoms with van der Waals surface area (Å²) in [5.41, 5.74) is 0.349. The molecule has 25 heavy (non-hydrogen) atoms. The van der Waals surface area contributed by atoms with Crippen LogP contribution < -0.4 is 4.90 Å². The Morgan fingerprint density at radius 1 is 0.880 bits per heavy atom. The fourth-order valence-electron chi connectivity index (χ4n) is 2.81. The summed E-state index contributed by atoms with van der Waals surface area (Å²) in [7, 11) is 0. The Morgan fingerprint density at radius 2 is 1.76 bits per heavy atom. The molecule has 3 aromatic rings. The van der Waals surface area contributed by atoms with E-state index in [0.717, 1.165) is 18.9 Å². The molecule has 0 N–H and O–H groups in total. The molecule has 4 rings (SSSR count). The third-order valence-electron chi connectivity index (χ3n) is 4.15. The molecule has 0 atom stereocenters. The van der Waals surface area contributed by atoms with Gasteiger partial charge in [-0.25, -0.2) is 9.67 Å². The number of aromatic nitrogens is 5. The first kappa shape index (κ1) is 15.3. The van der Waals surface area contributed by atoms with E-state index < -0.39 is 0 Å². The summed E-state index contributed by atoms with van der Waals surface area (Å²) in [5, 5.41) is 12.2. The number of carbonyl (C=O) groups is 1. The Bertz CT molecular complexity index is 825. The van der Waals surface area contributed by atoms with Crippen LogP contribution in [0.3, 0.4) is 0 Å². The van der Waals surface area contributed by atoms with Crippen LogP contribution >= 0.6 is 0 Å². The minimum absolute atomic E-state index is 0.0970. The quantitative estimate of drug-likeness (QED) is 0.711. The second kappa shape index (κ2) is 6.68. The Labute approximate surface area is 144 Å². The molecule has 126 valence electrons. The summed E-state index contributed by atoms with van der Waals surface area (Å²) in [5.74, 6) is 1.43. The highest BCUT2D eigenvalue weighted by Gasteiger charge is 2.23. The van der Waals surface area contributed by atoms with Gasteiger partial charge in [0, 0.05) is 44.8 Å². The third-order valence-corrected chi connectivity index (χ3v) is 4.15. The SMILES string of the molecule is O=C(c1ccc(-n2cccn2)nn1)N1CCN(c2ccccn2)CC1. The van der Waals surface area contributed by atoms with Gasteiger partial charge in [0.2, 0.25) is 0 Å². The third kappa shape index (κ3) is 3.18. The van der Waals surface area contributed by atoms with Crippen molar-refractivity contribution in [2.24, 2.45) is 0 Å². The van der Waals surface area contributed by atoms with Crippen molar-refractivity contribution in [3.63, 3.8) is 0 Å². The Balaban J connectivity index is 1.40. The Hall–Kier alpha value is -3.29. The monoisotopic (exact) mass is 335 g/mol. The zero-order valence-electron chi connectivity index (χ0n) is 13.6. The molecule has 0 aromatic carbocycles. The van der Waals surface area contributed by atoms with E-state index in [1.165, 1.54) is 0 Å². The fraction of sp³-hybridized carbons (Fsp3) is 0.235. The molecule has 1 aliphatic rings. The van der Waals surface area contributed by atoms with Gasteiger partial charge in [-0.2, -0.15) is 5.10 Å². The van der Waals surface area contributed by atoms with Crippen molar-refractivity contribution in [2.45, 2.75) is 0 Å². The van der Waals surface area contributed by atoms with Gasteiger partial charge in [0.1, 0.15) is 5.82 Å². The largest absolute Gasteiger partial charge is 0.353 e. The summed E-state index contributed by atoms with van der Waals surface area (Å²) in [6.07, 6.45) is 5.23. The first-order chi connectivity index (χ1) is 12.3. The number of carbonyl (C=O) groups excluding carboxylic acids is 1. The molecule has 1 aliphatic heterocycles. The van der Waals surface area contributed by atoms with Gasteiger partial charge in [-0.15, -0.1) is 10.2 Å². The van der Waals surface area contributed by atoms with Gasteiger partial charge < -0.3 is 9.80 Å². The summed E-state index contributed by atoms with van der Waals surface area (Å²) >= 11 is 0. The van der Waals surface area contributed by atoms with Crippen molar-refractivity contribution in [3.05, 3.63) is 60.7 Å². The van der Waals surface area contributed by atoms with Gasteiger partial charge in [-0.05, 0) is 30.3 Å². The smallest absolute Gasteiger partial charge is 0.274 e. The number of hydrogen-bond acceptors (Lipinski definition) is 6. The molecule has 0 spiro atoms. The number of nitrogens with zero attached hydrogens (tertiary/aromatic N) is 7. The minimum atomic E-state index is -0.0970. The molecule has 3 aromatic heterocycles. The van der Waals surface area contributed by atoms with E-state index >= 15 is 0 Å². The van der Waals surface area contributed by atoms with E-state index in [9.17, 15) is 4.79 Å². The van der Waals surface area contributed by atoms with Gasteiger partial charge in [0.25, 0.3) is 5.91 Å². The Morgan fingerprint density at radius 3 is 2.40 bits per heavy atom. The topological polar surface area (TPSA) is 80.0 Å². The summed E-state index contributed by atoms with van der Waals surface area (Å²) in [4.78, 5) is 20.9. The molecule has 1 saturated heterocycles. The van der Waals surface area contributed by atoms with E-state index in [0.29, 0.717) is 24.6 Å². The van der Waals surface area contributed by atoms with Crippen LogP contribution in [0.4, 0.5) is 5.82 Å².